The van der Waals surface area contributed by atoms with Crippen LogP contribution in [-0.2, 0) is 22.7 Å². The molecule has 136 valence electrons. The van der Waals surface area contributed by atoms with Gasteiger partial charge in [0.25, 0.3) is 5.56 Å². The zero-order valence-corrected chi connectivity index (χ0v) is 15.1. The number of hydrogen-bond donors (Lipinski definition) is 0. The minimum Gasteiger partial charge on any atom is -0.497 e. The predicted molar refractivity (Wildman–Crippen MR) is 94.6 cm³/mol. The third-order valence-corrected chi connectivity index (χ3v) is 4.31. The smallest absolute Gasteiger partial charge is 0.338 e. The predicted octanol–water partition coefficient (Wildman–Crippen LogP) is 2.05. The van der Waals surface area contributed by atoms with Crippen LogP contribution in [0.2, 0.25) is 0 Å². The highest BCUT2D eigenvalue weighted by molar-refractivity contribution is 7.16. The van der Waals surface area contributed by atoms with E-state index in [0.29, 0.717) is 40.2 Å². The van der Waals surface area contributed by atoms with E-state index in [9.17, 15) is 9.59 Å². The van der Waals surface area contributed by atoms with Crippen LogP contribution in [-0.4, -0.2) is 34.3 Å². The van der Waals surface area contributed by atoms with Crippen LogP contribution in [0.1, 0.15) is 28.0 Å². The summed E-state index contributed by atoms with van der Waals surface area (Å²) in [6.07, 6.45) is 0. The van der Waals surface area contributed by atoms with Crippen molar-refractivity contribution in [2.75, 3.05) is 13.7 Å². The number of methoxy groups -OCH3 is 1. The molecule has 2 heterocycles. The summed E-state index contributed by atoms with van der Waals surface area (Å²) in [7, 11) is 1.52. The summed E-state index contributed by atoms with van der Waals surface area (Å²) < 4.78 is 16.8. The molecule has 0 fully saturated rings. The molecule has 2 aromatic heterocycles. The summed E-state index contributed by atoms with van der Waals surface area (Å²) in [4.78, 5) is 29.1. The molecule has 26 heavy (non-hydrogen) atoms. The topological polar surface area (TPSA) is 92.0 Å². The fourth-order valence-corrected chi connectivity index (χ4v) is 3.05. The molecule has 1 aromatic carbocycles. The number of aromatic nitrogens is 3. The van der Waals surface area contributed by atoms with Gasteiger partial charge in [-0.2, -0.15) is 9.61 Å². The van der Waals surface area contributed by atoms with E-state index >= 15 is 0 Å². The lowest BCUT2D eigenvalue weighted by molar-refractivity contribution is 0.0467. The molecular formula is C17H17N3O5S. The average Bonchev–Trinajstić information content (AvgIpc) is 3.08. The van der Waals surface area contributed by atoms with Crippen LogP contribution in [0, 0.1) is 0 Å². The number of carbonyl (C=O) groups excluding carboxylic acids is 1. The first-order chi connectivity index (χ1) is 12.6. The molecule has 9 heteroatoms. The van der Waals surface area contributed by atoms with E-state index < -0.39 is 5.97 Å². The molecule has 0 amide bonds. The summed E-state index contributed by atoms with van der Waals surface area (Å²) in [5, 5.41) is 4.82. The molecule has 0 aliphatic carbocycles. The van der Waals surface area contributed by atoms with E-state index in [1.54, 1.807) is 24.3 Å². The van der Waals surface area contributed by atoms with E-state index in [1.807, 2.05) is 6.92 Å². The average molecular weight is 375 g/mol. The Labute approximate surface area is 153 Å². The van der Waals surface area contributed by atoms with Crippen LogP contribution in [0.25, 0.3) is 4.96 Å². The molecule has 0 saturated carbocycles. The highest BCUT2D eigenvalue weighted by atomic mass is 32.1. The van der Waals surface area contributed by atoms with Gasteiger partial charge in [-0.1, -0.05) is 17.4 Å². The molecule has 0 saturated heterocycles. The zero-order valence-electron chi connectivity index (χ0n) is 14.3. The van der Waals surface area contributed by atoms with E-state index in [2.05, 4.69) is 10.1 Å². The lowest BCUT2D eigenvalue weighted by Crippen LogP contribution is -2.16. The molecule has 0 bridgehead atoms. The number of carbonyl (C=O) groups is 1. The highest BCUT2D eigenvalue weighted by Crippen LogP contribution is 2.15. The Kier molecular flexibility index (Phi) is 5.59. The van der Waals surface area contributed by atoms with Gasteiger partial charge in [0.2, 0.25) is 4.96 Å². The molecule has 0 unspecified atom stereocenters. The second-order valence-corrected chi connectivity index (χ2v) is 6.26. The number of ether oxygens (including phenoxy) is 3. The van der Waals surface area contributed by atoms with E-state index in [1.165, 1.54) is 29.0 Å². The first-order valence-electron chi connectivity index (χ1n) is 7.88. The lowest BCUT2D eigenvalue weighted by Gasteiger charge is -2.05. The number of benzene rings is 1. The van der Waals surface area contributed by atoms with Crippen LogP contribution in [0.4, 0.5) is 0 Å². The Bertz CT molecular complexity index is 982. The van der Waals surface area contributed by atoms with Crippen molar-refractivity contribution in [3.63, 3.8) is 0 Å². The van der Waals surface area contributed by atoms with Crippen LogP contribution in [0.3, 0.4) is 0 Å². The Morgan fingerprint density at radius 1 is 1.27 bits per heavy atom. The summed E-state index contributed by atoms with van der Waals surface area (Å²) in [6, 6.07) is 7.94. The minimum absolute atomic E-state index is 0.111. The van der Waals surface area contributed by atoms with Crippen LogP contribution >= 0.6 is 11.3 Å². The molecule has 0 spiro atoms. The summed E-state index contributed by atoms with van der Waals surface area (Å²) in [6.45, 7) is 2.65. The standard InChI is InChI=1S/C17H17N3O5S/c1-3-24-10-14-19-20-15(21)8-12(18-17(20)26-14)9-25-16(22)11-5-4-6-13(7-11)23-2/h4-8H,3,9-10H2,1-2H3. The van der Waals surface area contributed by atoms with Crippen molar-refractivity contribution in [2.24, 2.45) is 0 Å². The van der Waals surface area contributed by atoms with Crippen molar-refractivity contribution in [3.05, 3.63) is 57.0 Å². The number of nitrogens with zero attached hydrogens (tertiary/aromatic N) is 3. The summed E-state index contributed by atoms with van der Waals surface area (Å²) in [5.74, 6) is 0.0379. The second-order valence-electron chi connectivity index (χ2n) is 5.22. The quantitative estimate of drug-likeness (QED) is 0.584. The van der Waals surface area contributed by atoms with E-state index in [4.69, 9.17) is 14.2 Å². The summed E-state index contributed by atoms with van der Waals surface area (Å²) >= 11 is 1.26. The van der Waals surface area contributed by atoms with Gasteiger partial charge < -0.3 is 14.2 Å². The Morgan fingerprint density at radius 3 is 2.88 bits per heavy atom. The Balaban J connectivity index is 1.74. The molecule has 0 radical (unpaired) electrons. The number of rotatable bonds is 7. The Morgan fingerprint density at radius 2 is 2.12 bits per heavy atom. The third kappa shape index (κ3) is 4.06. The van der Waals surface area contributed by atoms with Gasteiger partial charge in [-0.15, -0.1) is 0 Å². The summed E-state index contributed by atoms with van der Waals surface area (Å²) in [5.41, 5.74) is 0.387. The number of fused-ring (bicyclic) bond motifs is 1. The van der Waals surface area contributed by atoms with Crippen molar-refractivity contribution in [2.45, 2.75) is 20.1 Å². The van der Waals surface area contributed by atoms with E-state index in [0.717, 1.165) is 0 Å². The fourth-order valence-electron chi connectivity index (χ4n) is 2.19. The van der Waals surface area contributed by atoms with Gasteiger partial charge >= 0.3 is 5.97 Å². The molecule has 0 atom stereocenters. The van der Waals surface area contributed by atoms with Gasteiger partial charge in [-0.25, -0.2) is 9.78 Å². The fraction of sp³-hybridized carbons (Fsp3) is 0.294. The van der Waals surface area contributed by atoms with Gasteiger partial charge in [0.15, 0.2) is 0 Å². The van der Waals surface area contributed by atoms with Crippen molar-refractivity contribution in [3.8, 4) is 5.75 Å². The number of esters is 1. The molecule has 0 N–H and O–H groups in total. The molecule has 0 aliphatic heterocycles. The second kappa shape index (κ2) is 8.07. The third-order valence-electron chi connectivity index (χ3n) is 3.43. The maximum Gasteiger partial charge on any atom is 0.338 e. The van der Waals surface area contributed by atoms with Gasteiger partial charge in [-0.3, -0.25) is 4.79 Å². The van der Waals surface area contributed by atoms with E-state index in [-0.39, 0.29) is 12.2 Å². The monoisotopic (exact) mass is 375 g/mol. The number of hydrogen-bond acceptors (Lipinski definition) is 8. The van der Waals surface area contributed by atoms with Crippen molar-refractivity contribution in [1.82, 2.24) is 14.6 Å². The molecule has 0 aliphatic rings. The molecule has 3 rings (SSSR count). The van der Waals surface area contributed by atoms with Crippen molar-refractivity contribution >= 4 is 22.3 Å². The lowest BCUT2D eigenvalue weighted by atomic mass is 10.2. The van der Waals surface area contributed by atoms with Gasteiger partial charge in [0, 0.05) is 12.7 Å². The normalized spacial score (nSPS) is 10.8. The first-order valence-corrected chi connectivity index (χ1v) is 8.70. The minimum atomic E-state index is -0.521. The molecule has 3 aromatic rings. The van der Waals surface area contributed by atoms with Crippen LogP contribution in [0.5, 0.6) is 5.75 Å². The maximum absolute atomic E-state index is 12.2. The maximum atomic E-state index is 12.2. The van der Waals surface area contributed by atoms with Crippen molar-refractivity contribution in [1.29, 1.82) is 0 Å². The SMILES string of the molecule is CCOCc1nn2c(=O)cc(COC(=O)c3cccc(OC)c3)nc2s1. The zero-order chi connectivity index (χ0) is 18.5. The van der Waals surface area contributed by atoms with Gasteiger partial charge in [0.1, 0.15) is 24.0 Å². The van der Waals surface area contributed by atoms with Gasteiger partial charge in [-0.05, 0) is 25.1 Å². The van der Waals surface area contributed by atoms with Crippen LogP contribution in [0.15, 0.2) is 35.1 Å². The Hall–Kier alpha value is -2.78. The molecular weight excluding hydrogens is 358 g/mol. The van der Waals surface area contributed by atoms with Crippen LogP contribution < -0.4 is 10.3 Å². The molecule has 8 nitrogen and oxygen atoms in total. The largest absolute Gasteiger partial charge is 0.497 e. The highest BCUT2D eigenvalue weighted by Gasteiger charge is 2.12. The van der Waals surface area contributed by atoms with Crippen molar-refractivity contribution < 1.29 is 19.0 Å². The van der Waals surface area contributed by atoms with Gasteiger partial charge in [0.05, 0.1) is 18.4 Å². The first kappa shape index (κ1) is 18.0.